The van der Waals surface area contributed by atoms with Crippen molar-refractivity contribution in [2.75, 3.05) is 0 Å². The highest BCUT2D eigenvalue weighted by molar-refractivity contribution is 5.75. The molecule has 2 nitrogen and oxygen atoms in total. The van der Waals surface area contributed by atoms with Gasteiger partial charge in [0.25, 0.3) is 0 Å². The number of carboxylic acids is 1. The van der Waals surface area contributed by atoms with E-state index in [9.17, 15) is 22.4 Å². The molecule has 0 aliphatic carbocycles. The summed E-state index contributed by atoms with van der Waals surface area (Å²) >= 11 is 0. The summed E-state index contributed by atoms with van der Waals surface area (Å²) < 4.78 is 49.1. The first-order valence-electron chi connectivity index (χ1n) is 4.77. The van der Waals surface area contributed by atoms with Crippen molar-refractivity contribution in [2.45, 2.75) is 25.2 Å². The van der Waals surface area contributed by atoms with Gasteiger partial charge in [-0.05, 0) is 18.1 Å². The molecule has 0 saturated heterocycles. The number of hydrogen-bond donors (Lipinski definition) is 1. The largest absolute Gasteiger partial charge is 0.481 e. The van der Waals surface area contributed by atoms with Crippen LogP contribution in [0.1, 0.15) is 30.1 Å². The Balaban J connectivity index is 2.92. The zero-order valence-corrected chi connectivity index (χ0v) is 8.83. The fourth-order valence-electron chi connectivity index (χ4n) is 1.29. The van der Waals surface area contributed by atoms with Crippen LogP contribution in [0, 0.1) is 0 Å². The third kappa shape index (κ3) is 3.18. The summed E-state index contributed by atoms with van der Waals surface area (Å²) in [6, 6.07) is 4.28. The molecule has 1 aromatic carbocycles. The minimum Gasteiger partial charge on any atom is -0.481 e. The summed E-state index contributed by atoms with van der Waals surface area (Å²) in [5.41, 5.74) is -0.200. The SMILES string of the molecule is CC(C(=O)O)c1ccc(C(F)C(F)(F)F)cc1. The second-order valence-electron chi connectivity index (χ2n) is 3.63. The molecule has 0 radical (unpaired) electrons. The molecule has 0 aliphatic rings. The first-order chi connectivity index (χ1) is 7.73. The van der Waals surface area contributed by atoms with Crippen LogP contribution in [0.15, 0.2) is 24.3 Å². The maximum absolute atomic E-state index is 12.9. The number of halogens is 4. The Morgan fingerprint density at radius 2 is 1.59 bits per heavy atom. The van der Waals surface area contributed by atoms with E-state index in [1.165, 1.54) is 19.1 Å². The Kier molecular flexibility index (Phi) is 3.75. The molecule has 0 saturated carbocycles. The van der Waals surface area contributed by atoms with E-state index >= 15 is 0 Å². The highest BCUT2D eigenvalue weighted by Gasteiger charge is 2.41. The lowest BCUT2D eigenvalue weighted by molar-refractivity contribution is -0.182. The summed E-state index contributed by atoms with van der Waals surface area (Å²) in [4.78, 5) is 10.6. The molecule has 0 aliphatic heterocycles. The lowest BCUT2D eigenvalue weighted by atomic mass is 9.99. The van der Waals surface area contributed by atoms with E-state index in [4.69, 9.17) is 5.11 Å². The van der Waals surface area contributed by atoms with Crippen LogP contribution < -0.4 is 0 Å². The number of alkyl halides is 4. The smallest absolute Gasteiger partial charge is 0.423 e. The van der Waals surface area contributed by atoms with Crippen LogP contribution in [-0.2, 0) is 4.79 Å². The first-order valence-corrected chi connectivity index (χ1v) is 4.77. The molecule has 6 heteroatoms. The lowest BCUT2D eigenvalue weighted by Gasteiger charge is -2.13. The zero-order valence-electron chi connectivity index (χ0n) is 8.83. The van der Waals surface area contributed by atoms with Gasteiger partial charge < -0.3 is 5.11 Å². The fraction of sp³-hybridized carbons (Fsp3) is 0.364. The fourth-order valence-corrected chi connectivity index (χ4v) is 1.29. The number of aliphatic carboxylic acids is 1. The molecule has 1 aromatic rings. The van der Waals surface area contributed by atoms with Crippen LogP contribution in [-0.4, -0.2) is 17.3 Å². The molecule has 17 heavy (non-hydrogen) atoms. The van der Waals surface area contributed by atoms with Crippen LogP contribution in [0.25, 0.3) is 0 Å². The van der Waals surface area contributed by atoms with Crippen LogP contribution in [0.2, 0.25) is 0 Å². The maximum atomic E-state index is 12.9. The highest BCUT2D eigenvalue weighted by Crippen LogP contribution is 2.36. The van der Waals surface area contributed by atoms with Gasteiger partial charge in [0.15, 0.2) is 0 Å². The van der Waals surface area contributed by atoms with E-state index < -0.39 is 29.8 Å². The summed E-state index contributed by atoms with van der Waals surface area (Å²) in [6.07, 6.45) is -7.99. The van der Waals surface area contributed by atoms with E-state index in [0.717, 1.165) is 12.1 Å². The molecule has 2 atom stereocenters. The molecule has 2 unspecified atom stereocenters. The van der Waals surface area contributed by atoms with Gasteiger partial charge in [-0.3, -0.25) is 4.79 Å². The van der Waals surface area contributed by atoms with E-state index in [-0.39, 0.29) is 0 Å². The van der Waals surface area contributed by atoms with Gasteiger partial charge in [0.1, 0.15) is 0 Å². The van der Waals surface area contributed by atoms with Gasteiger partial charge in [-0.15, -0.1) is 0 Å². The minimum atomic E-state index is -4.94. The van der Waals surface area contributed by atoms with Gasteiger partial charge in [0.2, 0.25) is 6.17 Å². The molecule has 0 aromatic heterocycles. The topological polar surface area (TPSA) is 37.3 Å². The van der Waals surface area contributed by atoms with Crippen molar-refractivity contribution in [3.63, 3.8) is 0 Å². The molecule has 0 spiro atoms. The second kappa shape index (κ2) is 4.73. The van der Waals surface area contributed by atoms with Gasteiger partial charge in [-0.25, -0.2) is 4.39 Å². The third-order valence-electron chi connectivity index (χ3n) is 2.39. The van der Waals surface area contributed by atoms with Crippen LogP contribution in [0.4, 0.5) is 17.6 Å². The van der Waals surface area contributed by atoms with E-state index in [1.807, 2.05) is 0 Å². The third-order valence-corrected chi connectivity index (χ3v) is 2.39. The minimum absolute atomic E-state index is 0.329. The van der Waals surface area contributed by atoms with Crippen molar-refractivity contribution in [2.24, 2.45) is 0 Å². The molecule has 1 N–H and O–H groups in total. The zero-order chi connectivity index (χ0) is 13.2. The second-order valence-corrected chi connectivity index (χ2v) is 3.63. The van der Waals surface area contributed by atoms with Gasteiger partial charge in [0, 0.05) is 0 Å². The average molecular weight is 250 g/mol. The number of hydrogen-bond acceptors (Lipinski definition) is 1. The van der Waals surface area contributed by atoms with Crippen molar-refractivity contribution in [3.8, 4) is 0 Å². The summed E-state index contributed by atoms with van der Waals surface area (Å²) in [7, 11) is 0. The van der Waals surface area contributed by atoms with Crippen molar-refractivity contribution < 1.29 is 27.5 Å². The predicted molar refractivity (Wildman–Crippen MR) is 52.4 cm³/mol. The summed E-state index contributed by atoms with van der Waals surface area (Å²) in [6.45, 7) is 1.40. The molecular formula is C11H10F4O2. The van der Waals surface area contributed by atoms with E-state index in [2.05, 4.69) is 0 Å². The summed E-state index contributed by atoms with van der Waals surface area (Å²) in [5.74, 6) is -1.93. The molecule has 1 rings (SSSR count). The Morgan fingerprint density at radius 1 is 1.18 bits per heavy atom. The van der Waals surface area contributed by atoms with Gasteiger partial charge in [-0.1, -0.05) is 24.3 Å². The van der Waals surface area contributed by atoms with Gasteiger partial charge in [0.05, 0.1) is 5.92 Å². The number of benzene rings is 1. The van der Waals surface area contributed by atoms with Gasteiger partial charge >= 0.3 is 12.1 Å². The number of rotatable bonds is 3. The molecule has 0 bridgehead atoms. The molecule has 0 amide bonds. The van der Waals surface area contributed by atoms with Gasteiger partial charge in [-0.2, -0.15) is 13.2 Å². The highest BCUT2D eigenvalue weighted by atomic mass is 19.4. The predicted octanol–water partition coefficient (Wildman–Crippen LogP) is 3.45. The van der Waals surface area contributed by atoms with E-state index in [0.29, 0.717) is 5.56 Å². The van der Waals surface area contributed by atoms with Crippen LogP contribution in [0.5, 0.6) is 0 Å². The summed E-state index contributed by atoms with van der Waals surface area (Å²) in [5, 5.41) is 8.69. The van der Waals surface area contributed by atoms with Crippen molar-refractivity contribution in [1.82, 2.24) is 0 Å². The average Bonchev–Trinajstić information content (AvgIpc) is 2.26. The normalized spacial score (nSPS) is 15.4. The van der Waals surface area contributed by atoms with Crippen molar-refractivity contribution in [3.05, 3.63) is 35.4 Å². The van der Waals surface area contributed by atoms with Crippen molar-refractivity contribution >= 4 is 5.97 Å². The quantitative estimate of drug-likeness (QED) is 0.834. The number of carboxylic acid groups (broad SMARTS) is 1. The molecule has 0 fully saturated rings. The Hall–Kier alpha value is -1.59. The molecule has 0 heterocycles. The standard InChI is InChI=1S/C11H10F4O2/c1-6(10(16)17)7-2-4-8(5-3-7)9(12)11(13,14)15/h2-6,9H,1H3,(H,16,17). The van der Waals surface area contributed by atoms with E-state index in [1.54, 1.807) is 0 Å². The Labute approximate surface area is 94.9 Å². The van der Waals surface area contributed by atoms with Crippen LogP contribution >= 0.6 is 0 Å². The monoisotopic (exact) mass is 250 g/mol. The molecule has 94 valence electrons. The van der Waals surface area contributed by atoms with Crippen LogP contribution in [0.3, 0.4) is 0 Å². The maximum Gasteiger partial charge on any atom is 0.423 e. The Morgan fingerprint density at radius 3 is 1.94 bits per heavy atom. The number of carbonyl (C=O) groups is 1. The molecular weight excluding hydrogens is 240 g/mol. The lowest BCUT2D eigenvalue weighted by Crippen LogP contribution is -2.16. The van der Waals surface area contributed by atoms with Crippen molar-refractivity contribution in [1.29, 1.82) is 0 Å². The Bertz CT molecular complexity index is 397. The first kappa shape index (κ1) is 13.5.